The maximum Gasteiger partial charge on any atom is 0.159 e. The van der Waals surface area contributed by atoms with Crippen molar-refractivity contribution in [2.75, 3.05) is 0 Å². The molecule has 0 unspecified atom stereocenters. The molecule has 0 aliphatic carbocycles. The van der Waals surface area contributed by atoms with E-state index in [1.54, 1.807) is 29.5 Å². The molecular formula is C12H8BrClN2OS. The van der Waals surface area contributed by atoms with Gasteiger partial charge in [-0.1, -0.05) is 11.6 Å². The van der Waals surface area contributed by atoms with Crippen LogP contribution in [0.15, 0.2) is 22.1 Å². The Morgan fingerprint density at radius 2 is 2.33 bits per heavy atom. The first-order chi connectivity index (χ1) is 8.60. The molecule has 0 saturated carbocycles. The van der Waals surface area contributed by atoms with Crippen LogP contribution in [0.3, 0.4) is 0 Å². The maximum absolute atomic E-state index is 8.77. The Bertz CT molecular complexity index is 621. The fourth-order valence-corrected chi connectivity index (χ4v) is 3.11. The number of hydrogen-bond donors (Lipinski definition) is 0. The highest BCUT2D eigenvalue weighted by Gasteiger charge is 2.07. The summed E-state index contributed by atoms with van der Waals surface area (Å²) in [5.74, 6) is 0.642. The largest absolute Gasteiger partial charge is 0.488 e. The molecule has 1 aromatic heterocycles. The molecule has 0 radical (unpaired) electrons. The molecule has 0 N–H and O–H groups in total. The molecule has 2 aromatic rings. The van der Waals surface area contributed by atoms with Crippen LogP contribution < -0.4 is 4.74 Å². The van der Waals surface area contributed by atoms with E-state index in [0.29, 0.717) is 22.9 Å². The summed E-state index contributed by atoms with van der Waals surface area (Å²) in [6.07, 6.45) is 0. The number of ether oxygens (including phenoxy) is 1. The number of benzene rings is 1. The van der Waals surface area contributed by atoms with Crippen LogP contribution in [0.2, 0.25) is 5.02 Å². The topological polar surface area (TPSA) is 45.9 Å². The number of nitrogens with zero attached hydrogens (tertiary/aromatic N) is 2. The molecule has 3 nitrogen and oxygen atoms in total. The summed E-state index contributed by atoms with van der Waals surface area (Å²) in [4.78, 5) is 5.31. The molecule has 6 heteroatoms. The van der Waals surface area contributed by atoms with E-state index in [0.717, 1.165) is 14.5 Å². The van der Waals surface area contributed by atoms with Crippen LogP contribution in [0.5, 0.6) is 5.75 Å². The lowest BCUT2D eigenvalue weighted by Crippen LogP contribution is -1.95. The minimum absolute atomic E-state index is 0.400. The Kier molecular flexibility index (Phi) is 4.23. The van der Waals surface area contributed by atoms with Crippen molar-refractivity contribution >= 4 is 38.9 Å². The van der Waals surface area contributed by atoms with Crippen molar-refractivity contribution in [2.24, 2.45) is 0 Å². The van der Waals surface area contributed by atoms with Gasteiger partial charge in [-0.2, -0.15) is 5.26 Å². The minimum atomic E-state index is 0.400. The standard InChI is InChI=1S/C12H8BrClN2OS/c1-7-11(18-12(13)16-7)6-17-9-3-2-8(5-15)10(14)4-9/h2-4H,6H2,1H3. The second-order valence-corrected chi connectivity index (χ2v) is 6.28. The predicted octanol–water partition coefficient (Wildman–Crippen LogP) is 4.32. The molecule has 0 amide bonds. The van der Waals surface area contributed by atoms with Crippen LogP contribution in [0.1, 0.15) is 16.1 Å². The lowest BCUT2D eigenvalue weighted by molar-refractivity contribution is 0.309. The molecule has 2 rings (SSSR count). The van der Waals surface area contributed by atoms with Gasteiger partial charge in [-0.25, -0.2) is 4.98 Å². The van der Waals surface area contributed by atoms with Crippen molar-refractivity contribution in [1.29, 1.82) is 5.26 Å². The third-order valence-electron chi connectivity index (χ3n) is 2.30. The van der Waals surface area contributed by atoms with Gasteiger partial charge in [-0.3, -0.25) is 0 Å². The zero-order chi connectivity index (χ0) is 13.1. The third kappa shape index (κ3) is 3.02. The summed E-state index contributed by atoms with van der Waals surface area (Å²) < 4.78 is 6.47. The van der Waals surface area contributed by atoms with Gasteiger partial charge >= 0.3 is 0 Å². The van der Waals surface area contributed by atoms with E-state index in [1.807, 2.05) is 13.0 Å². The Hall–Kier alpha value is -1.09. The second-order valence-electron chi connectivity index (χ2n) is 3.52. The van der Waals surface area contributed by atoms with Crippen molar-refractivity contribution in [3.63, 3.8) is 0 Å². The first kappa shape index (κ1) is 13.3. The smallest absolute Gasteiger partial charge is 0.159 e. The third-order valence-corrected chi connectivity index (χ3v) is 4.19. The molecule has 1 heterocycles. The van der Waals surface area contributed by atoms with Gasteiger partial charge in [0.1, 0.15) is 18.4 Å². The second kappa shape index (κ2) is 5.70. The van der Waals surface area contributed by atoms with Crippen molar-refractivity contribution in [2.45, 2.75) is 13.5 Å². The van der Waals surface area contributed by atoms with Crippen molar-refractivity contribution in [1.82, 2.24) is 4.98 Å². The van der Waals surface area contributed by atoms with Gasteiger partial charge in [-0.05, 0) is 35.0 Å². The first-order valence-corrected chi connectivity index (χ1v) is 7.03. The molecule has 0 bridgehead atoms. The Labute approximate surface area is 122 Å². The first-order valence-electron chi connectivity index (χ1n) is 5.04. The number of aryl methyl sites for hydroxylation is 1. The molecule has 0 spiro atoms. The van der Waals surface area contributed by atoms with Gasteiger partial charge < -0.3 is 4.74 Å². The summed E-state index contributed by atoms with van der Waals surface area (Å²) in [5, 5.41) is 9.17. The highest BCUT2D eigenvalue weighted by atomic mass is 79.9. The van der Waals surface area contributed by atoms with E-state index in [9.17, 15) is 0 Å². The van der Waals surface area contributed by atoms with E-state index in [4.69, 9.17) is 21.6 Å². The molecule has 1 aromatic carbocycles. The fraction of sp³-hybridized carbons (Fsp3) is 0.167. The van der Waals surface area contributed by atoms with Crippen molar-refractivity contribution in [3.8, 4) is 11.8 Å². The zero-order valence-electron chi connectivity index (χ0n) is 9.41. The molecule has 0 fully saturated rings. The summed E-state index contributed by atoms with van der Waals surface area (Å²) in [6, 6.07) is 7.03. The number of rotatable bonds is 3. The molecule has 0 aliphatic heterocycles. The van der Waals surface area contributed by atoms with Crippen LogP contribution in [-0.4, -0.2) is 4.98 Å². The normalized spacial score (nSPS) is 10.1. The number of nitriles is 1. The summed E-state index contributed by atoms with van der Waals surface area (Å²) in [5.41, 5.74) is 1.40. The maximum atomic E-state index is 8.77. The molecule has 92 valence electrons. The fourth-order valence-electron chi connectivity index (χ4n) is 1.35. The van der Waals surface area contributed by atoms with E-state index >= 15 is 0 Å². The summed E-state index contributed by atoms with van der Waals surface area (Å²) in [7, 11) is 0. The summed E-state index contributed by atoms with van der Waals surface area (Å²) >= 11 is 10.8. The highest BCUT2D eigenvalue weighted by molar-refractivity contribution is 9.11. The lowest BCUT2D eigenvalue weighted by atomic mass is 10.2. The van der Waals surface area contributed by atoms with Gasteiger partial charge in [0.2, 0.25) is 0 Å². The number of aromatic nitrogens is 1. The Balaban J connectivity index is 2.09. The van der Waals surface area contributed by atoms with Gasteiger partial charge in [0, 0.05) is 6.07 Å². The number of hydrogen-bond acceptors (Lipinski definition) is 4. The van der Waals surface area contributed by atoms with E-state index in [1.165, 1.54) is 0 Å². The van der Waals surface area contributed by atoms with E-state index in [-0.39, 0.29) is 0 Å². The zero-order valence-corrected chi connectivity index (χ0v) is 12.6. The molecule has 0 atom stereocenters. The van der Waals surface area contributed by atoms with Gasteiger partial charge in [0.25, 0.3) is 0 Å². The van der Waals surface area contributed by atoms with Crippen LogP contribution in [0.25, 0.3) is 0 Å². The Morgan fingerprint density at radius 1 is 1.56 bits per heavy atom. The molecular weight excluding hydrogens is 336 g/mol. The van der Waals surface area contributed by atoms with Crippen LogP contribution in [0, 0.1) is 18.3 Å². The number of thiazole rings is 1. The molecule has 0 saturated heterocycles. The van der Waals surface area contributed by atoms with Gasteiger partial charge in [0.15, 0.2) is 3.92 Å². The quantitative estimate of drug-likeness (QED) is 0.834. The monoisotopic (exact) mass is 342 g/mol. The van der Waals surface area contributed by atoms with Crippen LogP contribution in [0.4, 0.5) is 0 Å². The van der Waals surface area contributed by atoms with Gasteiger partial charge in [0.05, 0.1) is 21.2 Å². The predicted molar refractivity (Wildman–Crippen MR) is 75.1 cm³/mol. The van der Waals surface area contributed by atoms with Crippen LogP contribution in [-0.2, 0) is 6.61 Å². The minimum Gasteiger partial charge on any atom is -0.488 e. The summed E-state index contributed by atoms with van der Waals surface area (Å²) in [6.45, 7) is 2.38. The molecule has 18 heavy (non-hydrogen) atoms. The Morgan fingerprint density at radius 3 is 2.89 bits per heavy atom. The SMILES string of the molecule is Cc1nc(Br)sc1COc1ccc(C#N)c(Cl)c1. The van der Waals surface area contributed by atoms with Crippen molar-refractivity contribution in [3.05, 3.63) is 43.3 Å². The van der Waals surface area contributed by atoms with Crippen molar-refractivity contribution < 1.29 is 4.74 Å². The molecule has 0 aliphatic rings. The van der Waals surface area contributed by atoms with Gasteiger partial charge in [-0.15, -0.1) is 11.3 Å². The lowest BCUT2D eigenvalue weighted by Gasteiger charge is -2.05. The van der Waals surface area contributed by atoms with E-state index in [2.05, 4.69) is 20.9 Å². The van der Waals surface area contributed by atoms with E-state index < -0.39 is 0 Å². The number of halogens is 2. The van der Waals surface area contributed by atoms with Crippen LogP contribution >= 0.6 is 38.9 Å². The average molecular weight is 344 g/mol. The average Bonchev–Trinajstić information content (AvgIpc) is 2.65. The highest BCUT2D eigenvalue weighted by Crippen LogP contribution is 2.26.